The second-order valence-electron chi connectivity index (χ2n) is 3.33. The van der Waals surface area contributed by atoms with E-state index in [2.05, 4.69) is 25.6 Å². The summed E-state index contributed by atoms with van der Waals surface area (Å²) in [6.07, 6.45) is 1.36. The number of rotatable bonds is 4. The van der Waals surface area contributed by atoms with Crippen LogP contribution in [0.1, 0.15) is 4.88 Å². The summed E-state index contributed by atoms with van der Waals surface area (Å²) in [7, 11) is -3.56. The van der Waals surface area contributed by atoms with E-state index in [0.29, 0.717) is 0 Å². The van der Waals surface area contributed by atoms with E-state index in [0.717, 1.165) is 9.35 Å². The average Bonchev–Trinajstić information content (AvgIpc) is 2.72. The van der Waals surface area contributed by atoms with E-state index in [-0.39, 0.29) is 16.6 Å². The number of thiophene rings is 1. The molecule has 0 spiro atoms. The summed E-state index contributed by atoms with van der Waals surface area (Å²) in [5, 5.41) is 2.03. The van der Waals surface area contributed by atoms with Crippen molar-refractivity contribution in [1.29, 1.82) is 0 Å². The molecule has 2 aromatic rings. The number of nitrogens with zero attached hydrogens (tertiary/aromatic N) is 1. The highest BCUT2D eigenvalue weighted by Gasteiger charge is 2.15. The third kappa shape index (κ3) is 3.30. The molecule has 2 aromatic heterocycles. The van der Waals surface area contributed by atoms with Crippen LogP contribution in [0.4, 0.5) is 0 Å². The molecule has 0 unspecified atom stereocenters. The van der Waals surface area contributed by atoms with E-state index in [1.807, 2.05) is 11.4 Å². The summed E-state index contributed by atoms with van der Waals surface area (Å²) in [6.45, 7) is 0.237. The molecule has 2 heterocycles. The Morgan fingerprint density at radius 3 is 2.83 bits per heavy atom. The molecule has 0 saturated carbocycles. The summed E-state index contributed by atoms with van der Waals surface area (Å²) < 4.78 is 27.4. The van der Waals surface area contributed by atoms with E-state index >= 15 is 0 Å². The van der Waals surface area contributed by atoms with Crippen LogP contribution in [0.15, 0.2) is 39.1 Å². The maximum atomic E-state index is 12.0. The predicted octanol–water partition coefficient (Wildman–Crippen LogP) is 3.04. The molecule has 96 valence electrons. The average molecular weight is 368 g/mol. The number of pyridine rings is 1. The van der Waals surface area contributed by atoms with Crippen molar-refractivity contribution >= 4 is 48.9 Å². The Morgan fingerprint density at radius 1 is 1.44 bits per heavy atom. The largest absolute Gasteiger partial charge is 0.244 e. The molecule has 4 nitrogen and oxygen atoms in total. The summed E-state index contributed by atoms with van der Waals surface area (Å²) in [6, 6.07) is 4.59. The Hall–Kier alpha value is -0.470. The lowest BCUT2D eigenvalue weighted by Gasteiger charge is -2.06. The van der Waals surface area contributed by atoms with Crippen LogP contribution in [0.5, 0.6) is 0 Å². The third-order valence-corrected chi connectivity index (χ3v) is 5.65. The van der Waals surface area contributed by atoms with Crippen LogP contribution < -0.4 is 4.72 Å². The van der Waals surface area contributed by atoms with E-state index in [4.69, 9.17) is 11.6 Å². The van der Waals surface area contributed by atoms with Crippen LogP contribution in [0, 0.1) is 0 Å². The molecule has 0 atom stereocenters. The zero-order valence-corrected chi connectivity index (χ0v) is 12.9. The van der Waals surface area contributed by atoms with Gasteiger partial charge in [0, 0.05) is 22.1 Å². The highest BCUT2D eigenvalue weighted by atomic mass is 79.9. The van der Waals surface area contributed by atoms with Crippen molar-refractivity contribution in [2.24, 2.45) is 0 Å². The summed E-state index contributed by atoms with van der Waals surface area (Å²) in [5.41, 5.74) is 0. The Morgan fingerprint density at radius 2 is 2.22 bits per heavy atom. The Bertz CT molecular complexity index is 657. The van der Waals surface area contributed by atoms with Gasteiger partial charge in [-0.3, -0.25) is 0 Å². The van der Waals surface area contributed by atoms with Gasteiger partial charge in [-0.25, -0.2) is 18.1 Å². The Kier molecular flexibility index (Phi) is 4.39. The first-order valence-electron chi connectivity index (χ1n) is 4.82. The Labute approximate surface area is 122 Å². The van der Waals surface area contributed by atoms with Gasteiger partial charge in [-0.05, 0) is 39.5 Å². The molecule has 0 bridgehead atoms. The molecule has 1 N–H and O–H groups in total. The van der Waals surface area contributed by atoms with Gasteiger partial charge in [0.15, 0.2) is 0 Å². The molecule has 0 aliphatic heterocycles. The van der Waals surface area contributed by atoms with E-state index in [1.165, 1.54) is 29.7 Å². The fourth-order valence-corrected chi connectivity index (χ4v) is 4.02. The van der Waals surface area contributed by atoms with E-state index in [9.17, 15) is 8.42 Å². The standard InChI is InChI=1S/C10H8BrClN2O2S2/c11-8-2-4-17-9(8)6-14-18(15,16)7-1-3-13-10(12)5-7/h1-5,14H,6H2. The topological polar surface area (TPSA) is 59.1 Å². The van der Waals surface area contributed by atoms with Gasteiger partial charge in [0.25, 0.3) is 0 Å². The molecular weight excluding hydrogens is 360 g/mol. The second-order valence-corrected chi connectivity index (χ2v) is 7.34. The lowest BCUT2D eigenvalue weighted by molar-refractivity contribution is 0.581. The smallest absolute Gasteiger partial charge is 0.241 e. The van der Waals surface area contributed by atoms with Gasteiger partial charge >= 0.3 is 0 Å². The van der Waals surface area contributed by atoms with E-state index in [1.54, 1.807) is 0 Å². The second kappa shape index (κ2) is 5.66. The van der Waals surface area contributed by atoms with Crippen LogP contribution in [0.25, 0.3) is 0 Å². The molecule has 0 radical (unpaired) electrons. The van der Waals surface area contributed by atoms with Crippen molar-refractivity contribution in [2.45, 2.75) is 11.4 Å². The molecule has 0 aliphatic carbocycles. The normalized spacial score (nSPS) is 11.7. The lowest BCUT2D eigenvalue weighted by atomic mass is 10.5. The van der Waals surface area contributed by atoms with Crippen LogP contribution in [-0.2, 0) is 16.6 Å². The van der Waals surface area contributed by atoms with Crippen LogP contribution in [0.3, 0.4) is 0 Å². The van der Waals surface area contributed by atoms with Gasteiger partial charge in [0.2, 0.25) is 10.0 Å². The van der Waals surface area contributed by atoms with Crippen molar-refractivity contribution in [1.82, 2.24) is 9.71 Å². The monoisotopic (exact) mass is 366 g/mol. The minimum absolute atomic E-state index is 0.107. The Balaban J connectivity index is 2.16. The maximum absolute atomic E-state index is 12.0. The highest BCUT2D eigenvalue weighted by Crippen LogP contribution is 2.23. The molecular formula is C10H8BrClN2O2S2. The van der Waals surface area contributed by atoms with Crippen molar-refractivity contribution in [2.75, 3.05) is 0 Å². The number of hydrogen-bond acceptors (Lipinski definition) is 4. The number of halogens is 2. The lowest BCUT2D eigenvalue weighted by Crippen LogP contribution is -2.23. The zero-order chi connectivity index (χ0) is 13.2. The SMILES string of the molecule is O=S(=O)(NCc1sccc1Br)c1ccnc(Cl)c1. The molecule has 0 saturated heterocycles. The first kappa shape index (κ1) is 14.0. The van der Waals surface area contributed by atoms with Crippen LogP contribution >= 0.6 is 38.9 Å². The fraction of sp³-hybridized carbons (Fsp3) is 0.100. The van der Waals surface area contributed by atoms with Gasteiger partial charge in [-0.2, -0.15) is 0 Å². The van der Waals surface area contributed by atoms with Crippen molar-refractivity contribution in [3.05, 3.63) is 44.3 Å². The number of hydrogen-bond donors (Lipinski definition) is 1. The maximum Gasteiger partial charge on any atom is 0.241 e. The zero-order valence-electron chi connectivity index (χ0n) is 8.93. The third-order valence-electron chi connectivity index (χ3n) is 2.12. The van der Waals surface area contributed by atoms with Gasteiger partial charge in [0.05, 0.1) is 4.90 Å². The van der Waals surface area contributed by atoms with Crippen LogP contribution in [-0.4, -0.2) is 13.4 Å². The number of sulfonamides is 1. The highest BCUT2D eigenvalue weighted by molar-refractivity contribution is 9.10. The molecule has 8 heteroatoms. The van der Waals surface area contributed by atoms with Crippen molar-refractivity contribution in [3.63, 3.8) is 0 Å². The molecule has 0 fully saturated rings. The molecule has 18 heavy (non-hydrogen) atoms. The molecule has 0 aliphatic rings. The first-order valence-corrected chi connectivity index (χ1v) is 8.35. The summed E-state index contributed by atoms with van der Waals surface area (Å²) >= 11 is 10.5. The van der Waals surface area contributed by atoms with Gasteiger partial charge in [0.1, 0.15) is 5.15 Å². The quantitative estimate of drug-likeness (QED) is 0.845. The van der Waals surface area contributed by atoms with E-state index < -0.39 is 10.0 Å². The van der Waals surface area contributed by atoms with Gasteiger partial charge < -0.3 is 0 Å². The minimum Gasteiger partial charge on any atom is -0.244 e. The molecule has 2 rings (SSSR count). The van der Waals surface area contributed by atoms with Crippen molar-refractivity contribution < 1.29 is 8.42 Å². The van der Waals surface area contributed by atoms with Gasteiger partial charge in [-0.1, -0.05) is 11.6 Å². The predicted molar refractivity (Wildman–Crippen MR) is 75.3 cm³/mol. The van der Waals surface area contributed by atoms with Crippen LogP contribution in [0.2, 0.25) is 5.15 Å². The minimum atomic E-state index is -3.56. The fourth-order valence-electron chi connectivity index (χ4n) is 1.25. The number of nitrogens with one attached hydrogen (secondary N) is 1. The summed E-state index contributed by atoms with van der Waals surface area (Å²) in [4.78, 5) is 4.77. The first-order chi connectivity index (χ1) is 8.49. The van der Waals surface area contributed by atoms with Gasteiger partial charge in [-0.15, -0.1) is 11.3 Å². The number of aromatic nitrogens is 1. The molecule has 0 aromatic carbocycles. The summed E-state index contributed by atoms with van der Waals surface area (Å²) in [5.74, 6) is 0. The molecule has 0 amide bonds. The van der Waals surface area contributed by atoms with Crippen molar-refractivity contribution in [3.8, 4) is 0 Å².